The van der Waals surface area contributed by atoms with E-state index in [1.165, 1.54) is 11.3 Å². The summed E-state index contributed by atoms with van der Waals surface area (Å²) in [6.45, 7) is 11.0. The minimum absolute atomic E-state index is 0.165. The fourth-order valence-electron chi connectivity index (χ4n) is 4.10. The lowest BCUT2D eigenvalue weighted by atomic mass is 10.1. The number of amides is 1. The summed E-state index contributed by atoms with van der Waals surface area (Å²) in [4.78, 5) is 22.9. The van der Waals surface area contributed by atoms with Gasteiger partial charge in [0.25, 0.3) is 5.91 Å². The van der Waals surface area contributed by atoms with Crippen molar-refractivity contribution in [2.45, 2.75) is 66.0 Å². The third kappa shape index (κ3) is 3.50. The van der Waals surface area contributed by atoms with E-state index >= 15 is 0 Å². The van der Waals surface area contributed by atoms with E-state index in [1.54, 1.807) is 0 Å². The van der Waals surface area contributed by atoms with Crippen LogP contribution in [0.15, 0.2) is 17.6 Å². The number of nitrogens with zero attached hydrogens (tertiary/aromatic N) is 6. The fourth-order valence-corrected chi connectivity index (χ4v) is 4.80. The predicted molar refractivity (Wildman–Crippen MR) is 126 cm³/mol. The highest BCUT2D eigenvalue weighted by atomic mass is 32.1. The molecule has 1 amide bonds. The van der Waals surface area contributed by atoms with Gasteiger partial charge in [-0.2, -0.15) is 10.2 Å². The minimum atomic E-state index is -0.174. The molecular formula is C23H27N7OS. The van der Waals surface area contributed by atoms with Crippen molar-refractivity contribution in [3.05, 3.63) is 40.3 Å². The number of nitrogens with one attached hydrogen (secondary N) is 1. The second-order valence-corrected chi connectivity index (χ2v) is 9.50. The Labute approximate surface area is 190 Å². The molecule has 5 rings (SSSR count). The highest BCUT2D eigenvalue weighted by Gasteiger charge is 2.29. The number of anilines is 1. The average molecular weight is 450 g/mol. The Morgan fingerprint density at radius 3 is 2.72 bits per heavy atom. The van der Waals surface area contributed by atoms with Crippen LogP contribution in [0.5, 0.6) is 0 Å². The third-order valence-electron chi connectivity index (χ3n) is 5.99. The number of thiazole rings is 1. The monoisotopic (exact) mass is 449 g/mol. The van der Waals surface area contributed by atoms with Crippen LogP contribution in [0.25, 0.3) is 22.3 Å². The van der Waals surface area contributed by atoms with Gasteiger partial charge in [-0.1, -0.05) is 0 Å². The van der Waals surface area contributed by atoms with Crippen LogP contribution in [-0.4, -0.2) is 35.4 Å². The quantitative estimate of drug-likeness (QED) is 0.442. The van der Waals surface area contributed by atoms with E-state index < -0.39 is 0 Å². The first-order chi connectivity index (χ1) is 15.4. The Hall–Kier alpha value is -3.07. The Balaban J connectivity index is 1.50. The van der Waals surface area contributed by atoms with Gasteiger partial charge in [-0.05, 0) is 53.5 Å². The van der Waals surface area contributed by atoms with E-state index in [0.717, 1.165) is 58.8 Å². The molecule has 1 aliphatic carbocycles. The van der Waals surface area contributed by atoms with E-state index in [0.29, 0.717) is 16.6 Å². The summed E-state index contributed by atoms with van der Waals surface area (Å²) in [6, 6.07) is 2.11. The smallest absolute Gasteiger partial charge is 0.258 e. The van der Waals surface area contributed by atoms with Crippen molar-refractivity contribution < 1.29 is 4.79 Å². The molecule has 4 heterocycles. The molecule has 4 aromatic heterocycles. The molecule has 0 bridgehead atoms. The standard InChI is InChI=1S/C23H27N7OS/c1-6-29-14(5)17(10-24-29)19-11-32-23(26-19)27-22(31)16-9-18(15-7-8-15)25-21-20(16)13(4)28-30(21)12(2)3/h9-12,15H,6-8H2,1-5H3,(H,26,27,31). The number of rotatable bonds is 6. The Kier molecular flexibility index (Phi) is 5.08. The van der Waals surface area contributed by atoms with Gasteiger partial charge >= 0.3 is 0 Å². The first-order valence-electron chi connectivity index (χ1n) is 11.1. The van der Waals surface area contributed by atoms with Gasteiger partial charge in [0.15, 0.2) is 10.8 Å². The summed E-state index contributed by atoms with van der Waals surface area (Å²) >= 11 is 1.42. The van der Waals surface area contributed by atoms with Crippen molar-refractivity contribution >= 4 is 33.4 Å². The summed E-state index contributed by atoms with van der Waals surface area (Å²) in [6.07, 6.45) is 4.07. The predicted octanol–water partition coefficient (Wildman–Crippen LogP) is 5.10. The molecule has 0 aromatic carbocycles. The number of aryl methyl sites for hydroxylation is 2. The van der Waals surface area contributed by atoms with Crippen molar-refractivity contribution in [2.24, 2.45) is 0 Å². The van der Waals surface area contributed by atoms with Crippen LogP contribution in [0.4, 0.5) is 5.13 Å². The van der Waals surface area contributed by atoms with Gasteiger partial charge in [-0.25, -0.2) is 14.6 Å². The molecule has 1 N–H and O–H groups in total. The maximum absolute atomic E-state index is 13.4. The average Bonchev–Trinajstić information content (AvgIpc) is 3.28. The van der Waals surface area contributed by atoms with E-state index in [-0.39, 0.29) is 11.9 Å². The van der Waals surface area contributed by atoms with Crippen molar-refractivity contribution in [1.82, 2.24) is 29.5 Å². The molecule has 0 spiro atoms. The van der Waals surface area contributed by atoms with Crippen molar-refractivity contribution in [1.29, 1.82) is 0 Å². The normalized spacial score (nSPS) is 13.9. The maximum atomic E-state index is 13.4. The van der Waals surface area contributed by atoms with E-state index in [9.17, 15) is 4.79 Å². The lowest BCUT2D eigenvalue weighted by Gasteiger charge is -2.10. The van der Waals surface area contributed by atoms with Crippen LogP contribution in [-0.2, 0) is 6.54 Å². The lowest BCUT2D eigenvalue weighted by Crippen LogP contribution is -2.14. The number of hydrogen-bond donors (Lipinski definition) is 1. The summed E-state index contributed by atoms with van der Waals surface area (Å²) in [7, 11) is 0. The van der Waals surface area contributed by atoms with Crippen LogP contribution in [0.1, 0.15) is 73.0 Å². The highest BCUT2D eigenvalue weighted by Crippen LogP contribution is 2.41. The molecule has 4 aromatic rings. The lowest BCUT2D eigenvalue weighted by molar-refractivity contribution is 0.102. The molecule has 9 heteroatoms. The van der Waals surface area contributed by atoms with Gasteiger partial charge in [0.1, 0.15) is 0 Å². The van der Waals surface area contributed by atoms with Gasteiger partial charge in [-0.3, -0.25) is 14.8 Å². The molecule has 0 atom stereocenters. The SMILES string of the molecule is CCn1ncc(-c2csc(NC(=O)c3cc(C4CC4)nc4c3c(C)nn4C(C)C)n2)c1C. The van der Waals surface area contributed by atoms with Crippen LogP contribution in [0, 0.1) is 13.8 Å². The summed E-state index contributed by atoms with van der Waals surface area (Å²) in [5, 5.41) is 15.4. The second-order valence-electron chi connectivity index (χ2n) is 8.64. The molecule has 8 nitrogen and oxygen atoms in total. The molecule has 0 radical (unpaired) electrons. The highest BCUT2D eigenvalue weighted by molar-refractivity contribution is 7.14. The van der Waals surface area contributed by atoms with Gasteiger partial charge in [0, 0.05) is 40.8 Å². The molecule has 0 aliphatic heterocycles. The van der Waals surface area contributed by atoms with Crippen molar-refractivity contribution in [2.75, 3.05) is 5.32 Å². The third-order valence-corrected chi connectivity index (χ3v) is 6.75. The number of carbonyl (C=O) groups is 1. The van der Waals surface area contributed by atoms with E-state index in [4.69, 9.17) is 4.98 Å². The molecular weight excluding hydrogens is 422 g/mol. The molecule has 0 unspecified atom stereocenters. The Bertz CT molecular complexity index is 1330. The summed E-state index contributed by atoms with van der Waals surface area (Å²) in [5.74, 6) is 0.263. The zero-order valence-electron chi connectivity index (χ0n) is 19.0. The minimum Gasteiger partial charge on any atom is -0.298 e. The fraction of sp³-hybridized carbons (Fsp3) is 0.435. The summed E-state index contributed by atoms with van der Waals surface area (Å²) in [5.41, 5.74) is 6.08. The van der Waals surface area contributed by atoms with Crippen LogP contribution in [0.2, 0.25) is 0 Å². The Morgan fingerprint density at radius 2 is 2.06 bits per heavy atom. The van der Waals surface area contributed by atoms with Crippen LogP contribution >= 0.6 is 11.3 Å². The number of carbonyl (C=O) groups excluding carboxylic acids is 1. The number of pyridine rings is 1. The molecule has 1 fully saturated rings. The molecule has 1 aliphatic rings. The Morgan fingerprint density at radius 1 is 1.28 bits per heavy atom. The van der Waals surface area contributed by atoms with Crippen LogP contribution in [0.3, 0.4) is 0 Å². The molecule has 0 saturated heterocycles. The topological polar surface area (TPSA) is 90.5 Å². The van der Waals surface area contributed by atoms with Crippen molar-refractivity contribution in [3.8, 4) is 11.3 Å². The first kappa shape index (κ1) is 20.8. The number of hydrogen-bond acceptors (Lipinski definition) is 6. The second kappa shape index (κ2) is 7.81. The van der Waals surface area contributed by atoms with Gasteiger partial charge < -0.3 is 0 Å². The van der Waals surface area contributed by atoms with Crippen molar-refractivity contribution in [3.63, 3.8) is 0 Å². The summed E-state index contributed by atoms with van der Waals surface area (Å²) < 4.78 is 3.86. The maximum Gasteiger partial charge on any atom is 0.258 e. The zero-order valence-corrected chi connectivity index (χ0v) is 19.8. The zero-order chi connectivity index (χ0) is 22.6. The van der Waals surface area contributed by atoms with Gasteiger partial charge in [0.05, 0.1) is 28.5 Å². The molecule has 166 valence electrons. The largest absolute Gasteiger partial charge is 0.298 e. The molecule has 32 heavy (non-hydrogen) atoms. The van der Waals surface area contributed by atoms with Crippen LogP contribution < -0.4 is 5.32 Å². The first-order valence-corrected chi connectivity index (χ1v) is 11.9. The van der Waals surface area contributed by atoms with E-state index in [1.807, 2.05) is 40.9 Å². The number of fused-ring (bicyclic) bond motifs is 1. The van der Waals surface area contributed by atoms with E-state index in [2.05, 4.69) is 41.3 Å². The number of aromatic nitrogens is 6. The molecule has 1 saturated carbocycles. The van der Waals surface area contributed by atoms with Gasteiger partial charge in [0.2, 0.25) is 0 Å². The van der Waals surface area contributed by atoms with Gasteiger partial charge in [-0.15, -0.1) is 11.3 Å².